The summed E-state index contributed by atoms with van der Waals surface area (Å²) in [6.45, 7) is 3.61. The predicted octanol–water partition coefficient (Wildman–Crippen LogP) is 3.61. The van der Waals surface area contributed by atoms with Crippen molar-refractivity contribution >= 4 is 22.8 Å². The van der Waals surface area contributed by atoms with E-state index in [1.807, 2.05) is 37.3 Å². The summed E-state index contributed by atoms with van der Waals surface area (Å²) in [4.78, 5) is 11.9. The van der Waals surface area contributed by atoms with Crippen molar-refractivity contribution in [1.29, 1.82) is 0 Å². The fraction of sp³-hybridized carbons (Fsp3) is 0.200. The molecule has 6 nitrogen and oxygen atoms in total. The number of aryl methyl sites for hydroxylation is 1. The Bertz CT molecular complexity index is 742. The Kier molecular flexibility index (Phi) is 3.35. The van der Waals surface area contributed by atoms with E-state index in [1.165, 1.54) is 0 Å². The van der Waals surface area contributed by atoms with Crippen LogP contribution in [0.5, 0.6) is 0 Å². The number of hydrogen-bond acceptors (Lipinski definition) is 4. The zero-order valence-corrected chi connectivity index (χ0v) is 11.7. The molecule has 2 aromatic heterocycles. The molecule has 21 heavy (non-hydrogen) atoms. The monoisotopic (exact) mass is 285 g/mol. The second kappa shape index (κ2) is 5.32. The molecule has 1 atom stereocenters. The highest BCUT2D eigenvalue weighted by molar-refractivity contribution is 5.88. The van der Waals surface area contributed by atoms with Gasteiger partial charge < -0.3 is 14.3 Å². The number of anilines is 1. The fourth-order valence-corrected chi connectivity index (χ4v) is 2.06. The minimum Gasteiger partial charge on any atom is -0.459 e. The number of amides is 2. The number of carbonyl (C=O) groups excluding carboxylic acids is 1. The highest BCUT2D eigenvalue weighted by atomic mass is 16.5. The number of carbonyl (C=O) groups is 1. The number of benzene rings is 1. The summed E-state index contributed by atoms with van der Waals surface area (Å²) >= 11 is 0. The third-order valence-corrected chi connectivity index (χ3v) is 3.09. The van der Waals surface area contributed by atoms with E-state index in [2.05, 4.69) is 15.8 Å². The number of urea groups is 1. The lowest BCUT2D eigenvalue weighted by atomic mass is 10.2. The Morgan fingerprint density at radius 3 is 2.81 bits per heavy atom. The van der Waals surface area contributed by atoms with Gasteiger partial charge in [-0.1, -0.05) is 23.4 Å². The second-order valence-corrected chi connectivity index (χ2v) is 4.83. The summed E-state index contributed by atoms with van der Waals surface area (Å²) in [5, 5.41) is 10.1. The van der Waals surface area contributed by atoms with Crippen LogP contribution in [0.2, 0.25) is 0 Å². The van der Waals surface area contributed by atoms with Gasteiger partial charge in [-0.2, -0.15) is 0 Å². The van der Waals surface area contributed by atoms with Crippen LogP contribution in [0.15, 0.2) is 45.3 Å². The standard InChI is InChI=1S/C15H15N3O3/c1-9-7-14(18-21-9)17-15(19)16-10(2)13-8-11-5-3-4-6-12(11)20-13/h3-8,10H,1-2H3,(H2,16,17,18,19). The van der Waals surface area contributed by atoms with Crippen LogP contribution in [0.1, 0.15) is 24.5 Å². The van der Waals surface area contributed by atoms with Crippen LogP contribution in [0.4, 0.5) is 10.6 Å². The first-order valence-corrected chi connectivity index (χ1v) is 6.61. The third-order valence-electron chi connectivity index (χ3n) is 3.09. The lowest BCUT2D eigenvalue weighted by molar-refractivity contribution is 0.247. The smallest absolute Gasteiger partial charge is 0.321 e. The van der Waals surface area contributed by atoms with Gasteiger partial charge in [0.15, 0.2) is 5.82 Å². The fourth-order valence-electron chi connectivity index (χ4n) is 2.06. The normalized spacial score (nSPS) is 12.3. The summed E-state index contributed by atoms with van der Waals surface area (Å²) in [5.74, 6) is 1.71. The van der Waals surface area contributed by atoms with E-state index in [9.17, 15) is 4.79 Å². The van der Waals surface area contributed by atoms with E-state index in [0.717, 1.165) is 11.0 Å². The van der Waals surface area contributed by atoms with Gasteiger partial charge in [-0.15, -0.1) is 0 Å². The molecule has 0 aliphatic rings. The van der Waals surface area contributed by atoms with Crippen molar-refractivity contribution in [3.8, 4) is 0 Å². The van der Waals surface area contributed by atoms with Crippen LogP contribution < -0.4 is 10.6 Å². The first kappa shape index (κ1) is 13.2. The van der Waals surface area contributed by atoms with Crippen LogP contribution in [0.3, 0.4) is 0 Å². The topological polar surface area (TPSA) is 80.3 Å². The largest absolute Gasteiger partial charge is 0.459 e. The molecule has 2 amide bonds. The van der Waals surface area contributed by atoms with Crippen LogP contribution >= 0.6 is 0 Å². The molecule has 0 radical (unpaired) electrons. The summed E-state index contributed by atoms with van der Waals surface area (Å²) in [6, 6.07) is 10.7. The molecule has 1 unspecified atom stereocenters. The number of nitrogens with zero attached hydrogens (tertiary/aromatic N) is 1. The maximum Gasteiger partial charge on any atom is 0.321 e. The minimum absolute atomic E-state index is 0.259. The van der Waals surface area contributed by atoms with Gasteiger partial charge >= 0.3 is 6.03 Å². The average molecular weight is 285 g/mol. The molecule has 0 aliphatic heterocycles. The molecule has 0 saturated heterocycles. The van der Waals surface area contributed by atoms with Crippen LogP contribution in [-0.2, 0) is 0 Å². The van der Waals surface area contributed by atoms with Crippen molar-refractivity contribution in [2.45, 2.75) is 19.9 Å². The molecule has 2 N–H and O–H groups in total. The zero-order chi connectivity index (χ0) is 14.8. The number of furan rings is 1. The molecule has 0 spiro atoms. The van der Waals surface area contributed by atoms with Crippen LogP contribution in [0.25, 0.3) is 11.0 Å². The molecule has 3 aromatic rings. The summed E-state index contributed by atoms with van der Waals surface area (Å²) < 4.78 is 10.6. The number of fused-ring (bicyclic) bond motifs is 1. The van der Waals surface area contributed by atoms with Gasteiger partial charge in [0, 0.05) is 11.5 Å². The van der Waals surface area contributed by atoms with E-state index in [-0.39, 0.29) is 12.1 Å². The predicted molar refractivity (Wildman–Crippen MR) is 78.0 cm³/mol. The third kappa shape index (κ3) is 2.89. The lowest BCUT2D eigenvalue weighted by Crippen LogP contribution is -2.31. The Morgan fingerprint density at radius 1 is 1.29 bits per heavy atom. The van der Waals surface area contributed by atoms with E-state index in [4.69, 9.17) is 8.94 Å². The molecule has 0 bridgehead atoms. The van der Waals surface area contributed by atoms with E-state index in [0.29, 0.717) is 17.3 Å². The highest BCUT2D eigenvalue weighted by Gasteiger charge is 2.15. The van der Waals surface area contributed by atoms with E-state index >= 15 is 0 Å². The maximum atomic E-state index is 11.9. The second-order valence-electron chi connectivity index (χ2n) is 4.83. The van der Waals surface area contributed by atoms with Crippen molar-refractivity contribution in [2.24, 2.45) is 0 Å². The van der Waals surface area contributed by atoms with Crippen molar-refractivity contribution in [3.63, 3.8) is 0 Å². The Balaban J connectivity index is 1.67. The molecule has 0 aliphatic carbocycles. The SMILES string of the molecule is Cc1cc(NC(=O)NC(C)c2cc3ccccc3o2)no1. The molecular weight excluding hydrogens is 270 g/mol. The Morgan fingerprint density at radius 2 is 2.10 bits per heavy atom. The molecule has 108 valence electrons. The average Bonchev–Trinajstić information content (AvgIpc) is 3.04. The van der Waals surface area contributed by atoms with Gasteiger partial charge in [-0.3, -0.25) is 5.32 Å². The molecule has 0 fully saturated rings. The van der Waals surface area contributed by atoms with Gasteiger partial charge in [0.1, 0.15) is 17.1 Å². The minimum atomic E-state index is -0.365. The lowest BCUT2D eigenvalue weighted by Gasteiger charge is -2.10. The molecular formula is C15H15N3O3. The number of para-hydroxylation sites is 1. The number of nitrogens with one attached hydrogen (secondary N) is 2. The zero-order valence-electron chi connectivity index (χ0n) is 11.7. The summed E-state index contributed by atoms with van der Waals surface area (Å²) in [6.07, 6.45) is 0. The summed E-state index contributed by atoms with van der Waals surface area (Å²) in [7, 11) is 0. The maximum absolute atomic E-state index is 11.9. The first-order valence-electron chi connectivity index (χ1n) is 6.61. The molecule has 6 heteroatoms. The quantitative estimate of drug-likeness (QED) is 0.770. The number of aromatic nitrogens is 1. The summed E-state index contributed by atoms with van der Waals surface area (Å²) in [5.41, 5.74) is 0.800. The van der Waals surface area contributed by atoms with Crippen molar-refractivity contribution in [3.05, 3.63) is 47.9 Å². The van der Waals surface area contributed by atoms with Crippen molar-refractivity contribution in [1.82, 2.24) is 10.5 Å². The van der Waals surface area contributed by atoms with Gasteiger partial charge in [-0.25, -0.2) is 4.79 Å². The van der Waals surface area contributed by atoms with Crippen molar-refractivity contribution in [2.75, 3.05) is 5.32 Å². The highest BCUT2D eigenvalue weighted by Crippen LogP contribution is 2.23. The molecule has 2 heterocycles. The Hall–Kier alpha value is -2.76. The van der Waals surface area contributed by atoms with Gasteiger partial charge in [0.05, 0.1) is 6.04 Å². The van der Waals surface area contributed by atoms with E-state index in [1.54, 1.807) is 13.0 Å². The Labute approximate surface area is 121 Å². The van der Waals surface area contributed by atoms with Crippen LogP contribution in [0, 0.1) is 6.92 Å². The number of rotatable bonds is 3. The van der Waals surface area contributed by atoms with Gasteiger partial charge in [-0.05, 0) is 26.0 Å². The number of hydrogen-bond donors (Lipinski definition) is 2. The van der Waals surface area contributed by atoms with Gasteiger partial charge in [0.25, 0.3) is 0 Å². The van der Waals surface area contributed by atoms with Crippen molar-refractivity contribution < 1.29 is 13.7 Å². The van der Waals surface area contributed by atoms with Crippen LogP contribution in [-0.4, -0.2) is 11.2 Å². The molecule has 1 aromatic carbocycles. The van der Waals surface area contributed by atoms with Gasteiger partial charge in [0.2, 0.25) is 0 Å². The molecule has 0 saturated carbocycles. The molecule has 3 rings (SSSR count). The first-order chi connectivity index (χ1) is 10.1. The van der Waals surface area contributed by atoms with E-state index < -0.39 is 0 Å².